The van der Waals surface area contributed by atoms with E-state index in [1.54, 1.807) is 37.5 Å². The van der Waals surface area contributed by atoms with Crippen LogP contribution < -0.4 is 10.4 Å². The Balaban J connectivity index is 2.06. The number of methoxy groups -OCH3 is 1. The third-order valence-electron chi connectivity index (χ3n) is 3.65. The van der Waals surface area contributed by atoms with E-state index in [4.69, 9.17) is 9.15 Å². The summed E-state index contributed by atoms with van der Waals surface area (Å²) in [6.07, 6.45) is 4.93. The third kappa shape index (κ3) is 3.38. The van der Waals surface area contributed by atoms with Crippen LogP contribution in [0.4, 0.5) is 0 Å². The molecule has 0 saturated carbocycles. The highest BCUT2D eigenvalue weighted by atomic mass is 16.5. The number of phenolic OH excluding ortho intramolecular Hbond substituents is 1. The van der Waals surface area contributed by atoms with Crippen molar-refractivity contribution in [2.24, 2.45) is 0 Å². The molecular formula is C20H16O4. The molecule has 0 atom stereocenters. The molecule has 24 heavy (non-hydrogen) atoms. The Kier molecular flexibility index (Phi) is 4.47. The minimum absolute atomic E-state index is 0.209. The molecule has 0 aliphatic heterocycles. The fraction of sp³-hybridized carbons (Fsp3) is 0.0500. The SMILES string of the molecule is COc1ccc(C=Cc2cccoc2=O)c(-c2ccc(O)cc2)c1. The van der Waals surface area contributed by atoms with Gasteiger partial charge in [0, 0.05) is 0 Å². The van der Waals surface area contributed by atoms with E-state index in [0.29, 0.717) is 5.56 Å². The van der Waals surface area contributed by atoms with Crippen LogP contribution in [0.25, 0.3) is 23.3 Å². The molecule has 0 unspecified atom stereocenters. The Morgan fingerprint density at radius 3 is 2.46 bits per heavy atom. The fourth-order valence-corrected chi connectivity index (χ4v) is 2.38. The summed E-state index contributed by atoms with van der Waals surface area (Å²) in [4.78, 5) is 11.7. The quantitative estimate of drug-likeness (QED) is 0.783. The van der Waals surface area contributed by atoms with Gasteiger partial charge in [-0.05, 0) is 59.2 Å². The highest BCUT2D eigenvalue weighted by molar-refractivity contribution is 5.81. The van der Waals surface area contributed by atoms with Crippen LogP contribution in [0.5, 0.6) is 11.5 Å². The molecule has 2 aromatic carbocycles. The van der Waals surface area contributed by atoms with E-state index in [0.717, 1.165) is 22.4 Å². The van der Waals surface area contributed by atoms with Crippen molar-refractivity contribution in [3.8, 4) is 22.6 Å². The van der Waals surface area contributed by atoms with Gasteiger partial charge in [0.1, 0.15) is 11.5 Å². The van der Waals surface area contributed by atoms with Gasteiger partial charge in [0.05, 0.1) is 18.9 Å². The minimum Gasteiger partial charge on any atom is -0.508 e. The van der Waals surface area contributed by atoms with Gasteiger partial charge in [0.2, 0.25) is 0 Å². The predicted molar refractivity (Wildman–Crippen MR) is 94.0 cm³/mol. The van der Waals surface area contributed by atoms with Crippen molar-refractivity contribution in [3.63, 3.8) is 0 Å². The molecule has 0 aliphatic carbocycles. The van der Waals surface area contributed by atoms with Gasteiger partial charge < -0.3 is 14.3 Å². The number of aromatic hydroxyl groups is 1. The third-order valence-corrected chi connectivity index (χ3v) is 3.65. The summed E-state index contributed by atoms with van der Waals surface area (Å²) in [5, 5.41) is 9.47. The first-order valence-electron chi connectivity index (χ1n) is 7.41. The van der Waals surface area contributed by atoms with Gasteiger partial charge in [-0.2, -0.15) is 0 Å². The van der Waals surface area contributed by atoms with E-state index < -0.39 is 0 Å². The molecule has 0 amide bonds. The van der Waals surface area contributed by atoms with Crippen LogP contribution in [-0.4, -0.2) is 12.2 Å². The molecule has 1 aromatic heterocycles. The Morgan fingerprint density at radius 1 is 1.00 bits per heavy atom. The lowest BCUT2D eigenvalue weighted by Gasteiger charge is -2.09. The molecule has 0 saturated heterocycles. The first-order chi connectivity index (χ1) is 11.7. The van der Waals surface area contributed by atoms with E-state index in [1.807, 2.05) is 36.4 Å². The maximum atomic E-state index is 11.7. The Hall–Kier alpha value is -3.27. The molecule has 3 aromatic rings. The van der Waals surface area contributed by atoms with Gasteiger partial charge in [0.25, 0.3) is 0 Å². The summed E-state index contributed by atoms with van der Waals surface area (Å²) in [6.45, 7) is 0. The molecule has 4 heteroatoms. The molecule has 1 heterocycles. The molecule has 0 fully saturated rings. The smallest absolute Gasteiger partial charge is 0.342 e. The van der Waals surface area contributed by atoms with Crippen molar-refractivity contribution >= 4 is 12.2 Å². The van der Waals surface area contributed by atoms with E-state index in [9.17, 15) is 9.90 Å². The average molecular weight is 320 g/mol. The lowest BCUT2D eigenvalue weighted by Crippen LogP contribution is -2.00. The van der Waals surface area contributed by atoms with Gasteiger partial charge >= 0.3 is 5.63 Å². The maximum Gasteiger partial charge on any atom is 0.342 e. The zero-order valence-electron chi connectivity index (χ0n) is 13.1. The zero-order chi connectivity index (χ0) is 16.9. The summed E-state index contributed by atoms with van der Waals surface area (Å²) >= 11 is 0. The number of rotatable bonds is 4. The van der Waals surface area contributed by atoms with Crippen molar-refractivity contribution in [3.05, 3.63) is 82.4 Å². The summed E-state index contributed by atoms with van der Waals surface area (Å²) in [6, 6.07) is 16.0. The number of benzene rings is 2. The number of phenols is 1. The van der Waals surface area contributed by atoms with Crippen LogP contribution in [0.3, 0.4) is 0 Å². The second kappa shape index (κ2) is 6.87. The Bertz CT molecular complexity index is 921. The topological polar surface area (TPSA) is 59.7 Å². The summed E-state index contributed by atoms with van der Waals surface area (Å²) in [5.41, 5.74) is 2.89. The van der Waals surface area contributed by atoms with Crippen LogP contribution in [0, 0.1) is 0 Å². The predicted octanol–water partition coefficient (Wildman–Crippen LogP) is 4.19. The van der Waals surface area contributed by atoms with Gasteiger partial charge in [-0.3, -0.25) is 0 Å². The highest BCUT2D eigenvalue weighted by Gasteiger charge is 2.06. The number of ether oxygens (including phenoxy) is 1. The van der Waals surface area contributed by atoms with E-state index in [2.05, 4.69) is 0 Å². The van der Waals surface area contributed by atoms with Crippen LogP contribution in [0.2, 0.25) is 0 Å². The standard InChI is InChI=1S/C20H16O4/c1-23-18-11-8-14(4-5-16-3-2-12-24-20(16)22)19(13-18)15-6-9-17(21)10-7-15/h2-13,21H,1H3. The molecule has 0 spiro atoms. The molecule has 0 bridgehead atoms. The van der Waals surface area contributed by atoms with Crippen LogP contribution in [-0.2, 0) is 0 Å². The molecule has 0 aliphatic rings. The number of hydrogen-bond acceptors (Lipinski definition) is 4. The highest BCUT2D eigenvalue weighted by Crippen LogP contribution is 2.30. The fourth-order valence-electron chi connectivity index (χ4n) is 2.38. The first-order valence-corrected chi connectivity index (χ1v) is 7.41. The van der Waals surface area contributed by atoms with Gasteiger partial charge in [-0.25, -0.2) is 4.79 Å². The van der Waals surface area contributed by atoms with E-state index in [-0.39, 0.29) is 11.4 Å². The lowest BCUT2D eigenvalue weighted by atomic mass is 9.98. The van der Waals surface area contributed by atoms with Gasteiger partial charge in [-0.1, -0.05) is 24.3 Å². The minimum atomic E-state index is -0.381. The molecule has 120 valence electrons. The van der Waals surface area contributed by atoms with Crippen LogP contribution >= 0.6 is 0 Å². The van der Waals surface area contributed by atoms with Crippen molar-refractivity contribution in [2.45, 2.75) is 0 Å². The Labute approximate surface area is 139 Å². The summed E-state index contributed by atoms with van der Waals surface area (Å²) < 4.78 is 10.2. The average Bonchev–Trinajstić information content (AvgIpc) is 2.62. The largest absolute Gasteiger partial charge is 0.508 e. The van der Waals surface area contributed by atoms with Crippen LogP contribution in [0.15, 0.2) is 70.1 Å². The van der Waals surface area contributed by atoms with Crippen molar-refractivity contribution in [1.29, 1.82) is 0 Å². The van der Waals surface area contributed by atoms with Crippen molar-refractivity contribution < 1.29 is 14.3 Å². The first kappa shape index (κ1) is 15.6. The van der Waals surface area contributed by atoms with Crippen molar-refractivity contribution in [1.82, 2.24) is 0 Å². The monoisotopic (exact) mass is 320 g/mol. The summed E-state index contributed by atoms with van der Waals surface area (Å²) in [7, 11) is 1.61. The molecule has 1 N–H and O–H groups in total. The van der Waals surface area contributed by atoms with Gasteiger partial charge in [-0.15, -0.1) is 0 Å². The zero-order valence-corrected chi connectivity index (χ0v) is 13.1. The molecule has 4 nitrogen and oxygen atoms in total. The van der Waals surface area contributed by atoms with Crippen molar-refractivity contribution in [2.75, 3.05) is 7.11 Å². The molecule has 3 rings (SSSR count). The van der Waals surface area contributed by atoms with Gasteiger partial charge in [0.15, 0.2) is 0 Å². The molecule has 0 radical (unpaired) electrons. The lowest BCUT2D eigenvalue weighted by molar-refractivity contribution is 0.415. The Morgan fingerprint density at radius 2 is 1.75 bits per heavy atom. The second-order valence-electron chi connectivity index (χ2n) is 5.19. The van der Waals surface area contributed by atoms with Crippen LogP contribution in [0.1, 0.15) is 11.1 Å². The van der Waals surface area contributed by atoms with E-state index >= 15 is 0 Å². The normalized spacial score (nSPS) is 10.9. The maximum absolute atomic E-state index is 11.7. The second-order valence-corrected chi connectivity index (χ2v) is 5.19. The summed E-state index contributed by atoms with van der Waals surface area (Å²) in [5.74, 6) is 0.940. The molecular weight excluding hydrogens is 304 g/mol. The number of hydrogen-bond donors (Lipinski definition) is 1. The van der Waals surface area contributed by atoms with E-state index in [1.165, 1.54) is 6.26 Å².